The molecule has 0 saturated carbocycles. The number of rotatable bonds is 4. The first kappa shape index (κ1) is 20.7. The van der Waals surface area contributed by atoms with E-state index in [2.05, 4.69) is 9.89 Å². The van der Waals surface area contributed by atoms with Gasteiger partial charge >= 0.3 is 12.8 Å². The molecule has 0 N–H and O–H groups in total. The zero-order chi connectivity index (χ0) is 20.1. The van der Waals surface area contributed by atoms with Crippen molar-refractivity contribution in [3.8, 4) is 0 Å². The van der Waals surface area contributed by atoms with Gasteiger partial charge in [-0.1, -0.05) is 5.16 Å². The van der Waals surface area contributed by atoms with Crippen molar-refractivity contribution in [1.82, 2.24) is 10.0 Å². The molecule has 2 aliphatic heterocycles. The lowest BCUT2D eigenvalue weighted by Crippen LogP contribution is -2.46. The maximum atomic E-state index is 13.4. The number of sulfone groups is 1. The topological polar surface area (TPSA) is 71.4 Å². The fourth-order valence-corrected chi connectivity index (χ4v) is 4.29. The van der Waals surface area contributed by atoms with Gasteiger partial charge < -0.3 is 9.57 Å². The summed E-state index contributed by atoms with van der Waals surface area (Å²) in [6.07, 6.45) is -5.05. The summed E-state index contributed by atoms with van der Waals surface area (Å²) in [6.45, 7) is -0.310. The van der Waals surface area contributed by atoms with E-state index in [1.165, 1.54) is 0 Å². The maximum Gasteiger partial charge on any atom is 0.409 e. The first-order chi connectivity index (χ1) is 11.7. The van der Waals surface area contributed by atoms with Crippen LogP contribution in [0.5, 0.6) is 0 Å². The zero-order valence-corrected chi connectivity index (χ0v) is 15.2. The van der Waals surface area contributed by atoms with E-state index in [4.69, 9.17) is 4.84 Å². The van der Waals surface area contributed by atoms with E-state index in [9.17, 15) is 30.4 Å². The molecule has 13 heteroatoms. The molecule has 0 aromatic heterocycles. The van der Waals surface area contributed by atoms with Gasteiger partial charge in [-0.25, -0.2) is 13.4 Å². The standard InChI is InChI=1S/C13H18F5N3O4S/c1-12(2)5-8(19-25-12)26(22,23)6-7-9(13(16,17)18)20(3)21(4)10(7)24-11(14)15/h9,11H,5-6H2,1-4H3. The summed E-state index contributed by atoms with van der Waals surface area (Å²) >= 11 is 0. The van der Waals surface area contributed by atoms with Gasteiger partial charge in [-0.2, -0.15) is 22.0 Å². The summed E-state index contributed by atoms with van der Waals surface area (Å²) in [5.41, 5.74) is -1.76. The van der Waals surface area contributed by atoms with Gasteiger partial charge in [0.15, 0.2) is 20.9 Å². The van der Waals surface area contributed by atoms with Crippen LogP contribution in [-0.2, 0) is 19.4 Å². The number of hydrazine groups is 1. The Labute approximate surface area is 146 Å². The molecule has 2 heterocycles. The van der Waals surface area contributed by atoms with Crippen LogP contribution >= 0.6 is 0 Å². The van der Waals surface area contributed by atoms with E-state index >= 15 is 0 Å². The molecule has 2 aliphatic rings. The summed E-state index contributed by atoms with van der Waals surface area (Å²) < 4.78 is 94.7. The minimum Gasteiger partial charge on any atom is -0.418 e. The molecule has 0 saturated heterocycles. The van der Waals surface area contributed by atoms with Crippen molar-refractivity contribution in [2.75, 3.05) is 19.8 Å². The zero-order valence-electron chi connectivity index (χ0n) is 14.3. The Morgan fingerprint density at radius 1 is 1.35 bits per heavy atom. The van der Waals surface area contributed by atoms with Crippen LogP contribution in [-0.4, -0.2) is 67.8 Å². The predicted octanol–water partition coefficient (Wildman–Crippen LogP) is 2.09. The number of oxime groups is 1. The Hall–Kier alpha value is -1.63. The third kappa shape index (κ3) is 4.03. The normalized spacial score (nSPS) is 24.3. The SMILES string of the molecule is CN1C(OC(F)F)=C(CS(=O)(=O)C2=NOC(C)(C)C2)C(C(F)(F)F)N1C. The van der Waals surface area contributed by atoms with E-state index in [-0.39, 0.29) is 6.42 Å². The summed E-state index contributed by atoms with van der Waals surface area (Å²) in [6, 6.07) is -2.42. The number of alkyl halides is 5. The second-order valence-corrected chi connectivity index (χ2v) is 8.51. The number of halogens is 5. The molecule has 26 heavy (non-hydrogen) atoms. The number of hydrogen-bond donors (Lipinski definition) is 0. The van der Waals surface area contributed by atoms with Crippen molar-refractivity contribution in [2.24, 2.45) is 5.16 Å². The molecule has 0 bridgehead atoms. The van der Waals surface area contributed by atoms with Crippen molar-refractivity contribution in [2.45, 2.75) is 44.7 Å². The minimum absolute atomic E-state index is 0.143. The summed E-state index contributed by atoms with van der Waals surface area (Å²) in [5.74, 6) is -2.03. The number of likely N-dealkylation sites (N-methyl/N-ethyl adjacent to an activating group) is 1. The van der Waals surface area contributed by atoms with Gasteiger partial charge in [-0.15, -0.1) is 0 Å². The first-order valence-electron chi connectivity index (χ1n) is 7.34. The molecule has 0 aromatic rings. The molecule has 0 aliphatic carbocycles. The molecular weight excluding hydrogens is 389 g/mol. The van der Waals surface area contributed by atoms with Gasteiger partial charge in [-0.05, 0) is 13.8 Å². The van der Waals surface area contributed by atoms with Gasteiger partial charge in [0.25, 0.3) is 0 Å². The van der Waals surface area contributed by atoms with Crippen LogP contribution in [0.15, 0.2) is 16.6 Å². The van der Waals surface area contributed by atoms with Gasteiger partial charge in [0, 0.05) is 26.1 Å². The van der Waals surface area contributed by atoms with Gasteiger partial charge in [-0.3, -0.25) is 5.01 Å². The third-order valence-corrected chi connectivity index (χ3v) is 5.56. The van der Waals surface area contributed by atoms with E-state index in [1.807, 2.05) is 0 Å². The second kappa shape index (κ2) is 6.51. The van der Waals surface area contributed by atoms with E-state index in [0.29, 0.717) is 10.0 Å². The van der Waals surface area contributed by atoms with E-state index < -0.39 is 56.5 Å². The summed E-state index contributed by atoms with van der Waals surface area (Å²) in [7, 11) is -2.28. The molecule has 0 amide bonds. The van der Waals surface area contributed by atoms with Crippen LogP contribution in [0.1, 0.15) is 20.3 Å². The number of nitrogens with zero attached hydrogens (tertiary/aromatic N) is 3. The lowest BCUT2D eigenvalue weighted by molar-refractivity contribution is -0.193. The molecule has 2 rings (SSSR count). The lowest BCUT2D eigenvalue weighted by Gasteiger charge is -2.29. The highest BCUT2D eigenvalue weighted by atomic mass is 32.2. The van der Waals surface area contributed by atoms with Gasteiger partial charge in [0.2, 0.25) is 5.88 Å². The molecule has 0 aromatic carbocycles. The van der Waals surface area contributed by atoms with Crippen molar-refractivity contribution in [1.29, 1.82) is 0 Å². The molecule has 150 valence electrons. The van der Waals surface area contributed by atoms with Crippen LogP contribution in [0.3, 0.4) is 0 Å². The summed E-state index contributed by atoms with van der Waals surface area (Å²) in [4.78, 5) is 4.93. The number of hydrogen-bond acceptors (Lipinski definition) is 7. The summed E-state index contributed by atoms with van der Waals surface area (Å²) in [5, 5.41) is 4.27. The highest BCUT2D eigenvalue weighted by Crippen LogP contribution is 2.39. The Bertz CT molecular complexity index is 733. The third-order valence-electron chi connectivity index (χ3n) is 3.93. The average Bonchev–Trinajstić information content (AvgIpc) is 2.91. The van der Waals surface area contributed by atoms with E-state index in [1.54, 1.807) is 13.8 Å². The van der Waals surface area contributed by atoms with Crippen LogP contribution in [0.25, 0.3) is 0 Å². The molecule has 1 unspecified atom stereocenters. The molecular formula is C13H18F5N3O4S. The van der Waals surface area contributed by atoms with Crippen LogP contribution in [0, 0.1) is 0 Å². The van der Waals surface area contributed by atoms with Crippen LogP contribution < -0.4 is 0 Å². The maximum absolute atomic E-state index is 13.4. The smallest absolute Gasteiger partial charge is 0.409 e. The van der Waals surface area contributed by atoms with E-state index in [0.717, 1.165) is 14.1 Å². The number of ether oxygens (including phenoxy) is 1. The highest BCUT2D eigenvalue weighted by Gasteiger charge is 2.54. The highest BCUT2D eigenvalue weighted by molar-refractivity contribution is 8.06. The lowest BCUT2D eigenvalue weighted by atomic mass is 10.1. The largest absolute Gasteiger partial charge is 0.418 e. The quantitative estimate of drug-likeness (QED) is 0.665. The molecule has 0 fully saturated rings. The van der Waals surface area contributed by atoms with Crippen LogP contribution in [0.2, 0.25) is 0 Å². The van der Waals surface area contributed by atoms with Crippen molar-refractivity contribution >= 4 is 14.9 Å². The fraction of sp³-hybridized carbons (Fsp3) is 0.769. The van der Waals surface area contributed by atoms with Gasteiger partial charge in [0.1, 0.15) is 5.60 Å². The van der Waals surface area contributed by atoms with Crippen LogP contribution in [0.4, 0.5) is 22.0 Å². The first-order valence-corrected chi connectivity index (χ1v) is 9.00. The van der Waals surface area contributed by atoms with Gasteiger partial charge in [0.05, 0.1) is 5.75 Å². The molecule has 0 radical (unpaired) electrons. The Morgan fingerprint density at radius 3 is 2.35 bits per heavy atom. The Kier molecular flexibility index (Phi) is 5.18. The predicted molar refractivity (Wildman–Crippen MR) is 80.5 cm³/mol. The van der Waals surface area contributed by atoms with Crippen molar-refractivity contribution < 1.29 is 39.9 Å². The second-order valence-electron chi connectivity index (χ2n) is 6.52. The Balaban J connectivity index is 2.44. The van der Waals surface area contributed by atoms with Crippen molar-refractivity contribution in [3.05, 3.63) is 11.5 Å². The molecule has 7 nitrogen and oxygen atoms in total. The molecule has 1 atom stereocenters. The average molecular weight is 407 g/mol. The fourth-order valence-electron chi connectivity index (χ4n) is 2.71. The monoisotopic (exact) mass is 407 g/mol. The molecule has 0 spiro atoms. The minimum atomic E-state index is -4.91. The Morgan fingerprint density at radius 2 is 1.92 bits per heavy atom. The van der Waals surface area contributed by atoms with Crippen molar-refractivity contribution in [3.63, 3.8) is 0 Å².